The molecule has 1 unspecified atom stereocenters. The second kappa shape index (κ2) is 5.11. The monoisotopic (exact) mass is 272 g/mol. The fourth-order valence-electron chi connectivity index (χ4n) is 2.09. The van der Waals surface area contributed by atoms with Crippen LogP contribution in [0, 0.1) is 0 Å². The van der Waals surface area contributed by atoms with Gasteiger partial charge in [0.1, 0.15) is 0 Å². The van der Waals surface area contributed by atoms with Gasteiger partial charge in [0.15, 0.2) is 5.82 Å². The summed E-state index contributed by atoms with van der Waals surface area (Å²) >= 11 is 1.62. The van der Waals surface area contributed by atoms with E-state index in [-0.39, 0.29) is 6.04 Å². The fourth-order valence-corrected chi connectivity index (χ4v) is 2.94. The van der Waals surface area contributed by atoms with Gasteiger partial charge >= 0.3 is 0 Å². The van der Waals surface area contributed by atoms with Crippen LogP contribution in [-0.2, 0) is 12.8 Å². The van der Waals surface area contributed by atoms with E-state index >= 15 is 0 Å². The smallest absolute Gasteiger partial charge is 0.212 e. The molecular weight excluding hydrogens is 256 g/mol. The van der Waals surface area contributed by atoms with Gasteiger partial charge < -0.3 is 5.73 Å². The molecule has 1 aromatic carbocycles. The number of hydrogen-bond donors (Lipinski definition) is 1. The predicted octanol–water partition coefficient (Wildman–Crippen LogP) is 2.27. The Kier molecular flexibility index (Phi) is 3.31. The van der Waals surface area contributed by atoms with Gasteiger partial charge in [-0.05, 0) is 12.5 Å². The molecule has 0 radical (unpaired) electrons. The molecule has 0 fully saturated rings. The minimum absolute atomic E-state index is 0.138. The van der Waals surface area contributed by atoms with E-state index < -0.39 is 0 Å². The van der Waals surface area contributed by atoms with Crippen molar-refractivity contribution in [3.63, 3.8) is 0 Å². The number of benzene rings is 1. The lowest BCUT2D eigenvalue weighted by Gasteiger charge is -2.01. The Labute approximate surface area is 115 Å². The number of hydrogen-bond acceptors (Lipinski definition) is 4. The van der Waals surface area contributed by atoms with E-state index in [4.69, 9.17) is 5.73 Å². The van der Waals surface area contributed by atoms with Gasteiger partial charge in [-0.3, -0.25) is 0 Å². The lowest BCUT2D eigenvalue weighted by Crippen LogP contribution is -2.18. The summed E-state index contributed by atoms with van der Waals surface area (Å²) in [7, 11) is 0. The van der Waals surface area contributed by atoms with Crippen LogP contribution in [0.1, 0.15) is 24.0 Å². The predicted molar refractivity (Wildman–Crippen MR) is 77.5 cm³/mol. The Hall–Kier alpha value is -1.72. The Morgan fingerprint density at radius 2 is 2.11 bits per heavy atom. The second-order valence-corrected chi connectivity index (χ2v) is 5.63. The largest absolute Gasteiger partial charge is 0.328 e. The average Bonchev–Trinajstić information content (AvgIpc) is 2.92. The molecule has 0 aliphatic rings. The normalized spacial score (nSPS) is 12.9. The molecule has 4 nitrogen and oxygen atoms in total. The highest BCUT2D eigenvalue weighted by molar-refractivity contribution is 7.15. The molecule has 19 heavy (non-hydrogen) atoms. The number of thiazole rings is 1. The molecule has 0 saturated carbocycles. The first-order chi connectivity index (χ1) is 9.22. The van der Waals surface area contributed by atoms with Crippen molar-refractivity contribution in [1.82, 2.24) is 14.6 Å². The SMILES string of the molecule is CC(N)Cc1csc2nc(Cc3ccccc3)nn12. The van der Waals surface area contributed by atoms with Gasteiger partial charge in [-0.1, -0.05) is 30.3 Å². The lowest BCUT2D eigenvalue weighted by atomic mass is 10.1. The molecule has 3 rings (SSSR count). The molecule has 0 bridgehead atoms. The fraction of sp³-hybridized carbons (Fsp3) is 0.286. The van der Waals surface area contributed by atoms with Crippen molar-refractivity contribution in [2.45, 2.75) is 25.8 Å². The Morgan fingerprint density at radius 3 is 2.84 bits per heavy atom. The van der Waals surface area contributed by atoms with E-state index in [1.807, 2.05) is 29.6 Å². The number of fused-ring (bicyclic) bond motifs is 1. The second-order valence-electron chi connectivity index (χ2n) is 4.79. The number of aromatic nitrogens is 3. The summed E-state index contributed by atoms with van der Waals surface area (Å²) < 4.78 is 1.92. The summed E-state index contributed by atoms with van der Waals surface area (Å²) in [5.74, 6) is 0.865. The van der Waals surface area contributed by atoms with Crippen LogP contribution in [0.15, 0.2) is 35.7 Å². The van der Waals surface area contributed by atoms with Crippen LogP contribution in [0.4, 0.5) is 0 Å². The van der Waals surface area contributed by atoms with Crippen molar-refractivity contribution in [3.05, 3.63) is 52.8 Å². The van der Waals surface area contributed by atoms with E-state index in [9.17, 15) is 0 Å². The van der Waals surface area contributed by atoms with Crippen LogP contribution in [0.5, 0.6) is 0 Å². The Bertz CT molecular complexity index is 669. The quantitative estimate of drug-likeness (QED) is 0.792. The van der Waals surface area contributed by atoms with Crippen molar-refractivity contribution in [2.24, 2.45) is 5.73 Å². The van der Waals surface area contributed by atoms with Crippen molar-refractivity contribution in [1.29, 1.82) is 0 Å². The first-order valence-corrected chi connectivity index (χ1v) is 7.22. The molecule has 0 saturated heterocycles. The van der Waals surface area contributed by atoms with E-state index in [1.54, 1.807) is 11.3 Å². The lowest BCUT2D eigenvalue weighted by molar-refractivity contribution is 0.700. The van der Waals surface area contributed by atoms with E-state index in [1.165, 1.54) is 5.56 Å². The van der Waals surface area contributed by atoms with Crippen LogP contribution in [0.25, 0.3) is 4.96 Å². The van der Waals surface area contributed by atoms with Gasteiger partial charge in [0.25, 0.3) is 0 Å². The third-order valence-corrected chi connectivity index (χ3v) is 3.79. The molecule has 0 aliphatic heterocycles. The topological polar surface area (TPSA) is 56.2 Å². The average molecular weight is 272 g/mol. The van der Waals surface area contributed by atoms with Gasteiger partial charge in [0, 0.05) is 24.3 Å². The van der Waals surface area contributed by atoms with Crippen LogP contribution in [0.2, 0.25) is 0 Å². The number of rotatable bonds is 4. The highest BCUT2D eigenvalue weighted by Crippen LogP contribution is 2.17. The summed E-state index contributed by atoms with van der Waals surface area (Å²) in [6.45, 7) is 2.01. The molecule has 3 aromatic rings. The maximum Gasteiger partial charge on any atom is 0.212 e. The maximum atomic E-state index is 5.85. The van der Waals surface area contributed by atoms with Gasteiger partial charge in [-0.15, -0.1) is 16.4 Å². The molecule has 1 atom stereocenters. The standard InChI is InChI=1S/C14H16N4S/c1-10(15)7-12-9-19-14-16-13(17-18(12)14)8-11-5-3-2-4-6-11/h2-6,9-10H,7-8,15H2,1H3. The minimum atomic E-state index is 0.138. The number of nitrogens with two attached hydrogens (primary N) is 1. The molecule has 0 amide bonds. The van der Waals surface area contributed by atoms with Crippen molar-refractivity contribution in [2.75, 3.05) is 0 Å². The molecule has 2 heterocycles. The van der Waals surface area contributed by atoms with Crippen LogP contribution in [0.3, 0.4) is 0 Å². The molecule has 98 valence electrons. The third kappa shape index (κ3) is 2.67. The van der Waals surface area contributed by atoms with E-state index in [2.05, 4.69) is 27.6 Å². The third-order valence-electron chi connectivity index (χ3n) is 2.93. The van der Waals surface area contributed by atoms with Crippen molar-refractivity contribution in [3.8, 4) is 0 Å². The Balaban J connectivity index is 1.88. The maximum absolute atomic E-state index is 5.85. The van der Waals surface area contributed by atoms with Gasteiger partial charge in [-0.25, -0.2) is 9.50 Å². The van der Waals surface area contributed by atoms with Gasteiger partial charge in [-0.2, -0.15) is 0 Å². The zero-order valence-corrected chi connectivity index (χ0v) is 11.6. The summed E-state index contributed by atoms with van der Waals surface area (Å²) in [4.78, 5) is 5.51. The van der Waals surface area contributed by atoms with Crippen molar-refractivity contribution < 1.29 is 0 Å². The molecule has 0 aliphatic carbocycles. The van der Waals surface area contributed by atoms with Crippen LogP contribution in [-0.4, -0.2) is 20.6 Å². The minimum Gasteiger partial charge on any atom is -0.328 e. The summed E-state index contributed by atoms with van der Waals surface area (Å²) in [5, 5.41) is 6.67. The molecular formula is C14H16N4S. The van der Waals surface area contributed by atoms with E-state index in [0.717, 1.165) is 29.3 Å². The van der Waals surface area contributed by atoms with Gasteiger partial charge in [0.05, 0.1) is 5.69 Å². The molecule has 0 spiro atoms. The van der Waals surface area contributed by atoms with E-state index in [0.29, 0.717) is 0 Å². The summed E-state index contributed by atoms with van der Waals surface area (Å²) in [6.07, 6.45) is 1.60. The first kappa shape index (κ1) is 12.3. The molecule has 2 aromatic heterocycles. The highest BCUT2D eigenvalue weighted by atomic mass is 32.1. The number of nitrogens with zero attached hydrogens (tertiary/aromatic N) is 3. The zero-order valence-electron chi connectivity index (χ0n) is 10.8. The first-order valence-electron chi connectivity index (χ1n) is 6.34. The zero-order chi connectivity index (χ0) is 13.2. The van der Waals surface area contributed by atoms with Crippen molar-refractivity contribution >= 4 is 16.3 Å². The summed E-state index contributed by atoms with van der Waals surface area (Å²) in [6, 6.07) is 10.4. The molecule has 5 heteroatoms. The summed E-state index contributed by atoms with van der Waals surface area (Å²) in [5.41, 5.74) is 8.22. The Morgan fingerprint density at radius 1 is 1.32 bits per heavy atom. The highest BCUT2D eigenvalue weighted by Gasteiger charge is 2.11. The van der Waals surface area contributed by atoms with Crippen LogP contribution >= 0.6 is 11.3 Å². The van der Waals surface area contributed by atoms with Crippen LogP contribution < -0.4 is 5.73 Å². The molecule has 2 N–H and O–H groups in total. The van der Waals surface area contributed by atoms with Gasteiger partial charge in [0.2, 0.25) is 4.96 Å².